The van der Waals surface area contributed by atoms with Crippen molar-refractivity contribution in [2.75, 3.05) is 42.9 Å². The molecule has 1 fully saturated rings. The molecule has 0 saturated carbocycles. The van der Waals surface area contributed by atoms with Gasteiger partial charge in [0.25, 0.3) is 0 Å². The molecule has 2 aromatic rings. The van der Waals surface area contributed by atoms with Crippen molar-refractivity contribution in [3.05, 3.63) is 30.1 Å². The predicted octanol–water partition coefficient (Wildman–Crippen LogP) is 1.79. The van der Waals surface area contributed by atoms with E-state index in [0.717, 1.165) is 29.9 Å². The van der Waals surface area contributed by atoms with E-state index in [2.05, 4.69) is 20.2 Å². The van der Waals surface area contributed by atoms with Gasteiger partial charge in [-0.3, -0.25) is 4.79 Å². The fourth-order valence-corrected chi connectivity index (χ4v) is 3.51. The molecule has 148 valence electrons. The van der Waals surface area contributed by atoms with Gasteiger partial charge in [0.05, 0.1) is 13.0 Å². The molecule has 3 heterocycles. The highest BCUT2D eigenvalue weighted by Crippen LogP contribution is 2.33. The number of piperidine rings is 1. The minimum absolute atomic E-state index is 0.0621. The van der Waals surface area contributed by atoms with Gasteiger partial charge in [0, 0.05) is 19.6 Å². The van der Waals surface area contributed by atoms with Crippen molar-refractivity contribution in [2.45, 2.75) is 19.4 Å². The van der Waals surface area contributed by atoms with E-state index in [9.17, 15) is 4.79 Å². The van der Waals surface area contributed by atoms with Crippen LogP contribution in [0.1, 0.15) is 18.4 Å². The zero-order chi connectivity index (χ0) is 19.5. The third kappa shape index (κ3) is 3.60. The molecule has 9 nitrogen and oxygen atoms in total. The fraction of sp³-hybridized carbons (Fsp3) is 0.421. The van der Waals surface area contributed by atoms with E-state index in [1.165, 1.54) is 13.4 Å². The summed E-state index contributed by atoms with van der Waals surface area (Å²) in [5.41, 5.74) is 7.85. The van der Waals surface area contributed by atoms with Crippen LogP contribution in [0.25, 0.3) is 0 Å². The second-order valence-corrected chi connectivity index (χ2v) is 6.79. The molecule has 0 bridgehead atoms. The Morgan fingerprint density at radius 1 is 1.29 bits per heavy atom. The van der Waals surface area contributed by atoms with Gasteiger partial charge in [-0.25, -0.2) is 9.97 Å². The van der Waals surface area contributed by atoms with Crippen LogP contribution in [0.5, 0.6) is 11.5 Å². The summed E-state index contributed by atoms with van der Waals surface area (Å²) in [5.74, 6) is 2.55. The number of rotatable bonds is 5. The van der Waals surface area contributed by atoms with Gasteiger partial charge in [0.1, 0.15) is 12.0 Å². The van der Waals surface area contributed by atoms with E-state index in [0.29, 0.717) is 37.0 Å². The van der Waals surface area contributed by atoms with E-state index >= 15 is 0 Å². The van der Waals surface area contributed by atoms with Crippen molar-refractivity contribution in [1.29, 1.82) is 0 Å². The highest BCUT2D eigenvalue weighted by Gasteiger charge is 2.27. The summed E-state index contributed by atoms with van der Waals surface area (Å²) in [6.45, 7) is 2.19. The average Bonchev–Trinajstić information content (AvgIpc) is 3.20. The molecule has 1 aromatic heterocycles. The molecule has 4 rings (SSSR count). The first kappa shape index (κ1) is 18.1. The number of aromatic nitrogens is 2. The van der Waals surface area contributed by atoms with Crippen molar-refractivity contribution >= 4 is 23.3 Å². The number of carbonyl (C=O) groups excluding carboxylic acids is 1. The van der Waals surface area contributed by atoms with Crippen molar-refractivity contribution in [2.24, 2.45) is 5.92 Å². The number of anilines is 3. The van der Waals surface area contributed by atoms with Crippen molar-refractivity contribution in [3.8, 4) is 11.5 Å². The van der Waals surface area contributed by atoms with Crippen LogP contribution in [-0.4, -0.2) is 42.9 Å². The zero-order valence-corrected chi connectivity index (χ0v) is 15.7. The Morgan fingerprint density at radius 2 is 2.07 bits per heavy atom. The molecule has 9 heteroatoms. The molecule has 0 spiro atoms. The van der Waals surface area contributed by atoms with Crippen LogP contribution in [0, 0.1) is 5.92 Å². The van der Waals surface area contributed by atoms with Gasteiger partial charge in [0.15, 0.2) is 23.1 Å². The van der Waals surface area contributed by atoms with E-state index in [1.807, 2.05) is 18.2 Å². The number of nitrogens with one attached hydrogen (secondary N) is 1. The number of benzene rings is 1. The third-order valence-electron chi connectivity index (χ3n) is 5.09. The highest BCUT2D eigenvalue weighted by atomic mass is 16.7. The van der Waals surface area contributed by atoms with Gasteiger partial charge in [-0.15, -0.1) is 0 Å². The summed E-state index contributed by atoms with van der Waals surface area (Å²) in [6, 6.07) is 5.79. The lowest BCUT2D eigenvalue weighted by molar-refractivity contribution is -0.146. The summed E-state index contributed by atoms with van der Waals surface area (Å²) >= 11 is 0. The second kappa shape index (κ2) is 7.79. The summed E-state index contributed by atoms with van der Waals surface area (Å²) in [6.07, 6.45) is 2.94. The number of nitrogens with two attached hydrogens (primary N) is 1. The van der Waals surface area contributed by atoms with Gasteiger partial charge in [-0.1, -0.05) is 6.07 Å². The zero-order valence-electron chi connectivity index (χ0n) is 15.7. The summed E-state index contributed by atoms with van der Waals surface area (Å²) in [7, 11) is 1.43. The molecule has 0 amide bonds. The van der Waals surface area contributed by atoms with Crippen molar-refractivity contribution in [3.63, 3.8) is 0 Å². The minimum Gasteiger partial charge on any atom is -0.469 e. The molecular formula is C19H23N5O4. The van der Waals surface area contributed by atoms with Crippen LogP contribution in [0.3, 0.4) is 0 Å². The Hall–Kier alpha value is -3.23. The van der Waals surface area contributed by atoms with Gasteiger partial charge in [-0.05, 0) is 30.5 Å². The molecule has 0 radical (unpaired) electrons. The van der Waals surface area contributed by atoms with Crippen LogP contribution in [0.2, 0.25) is 0 Å². The molecule has 2 aliphatic rings. The predicted molar refractivity (Wildman–Crippen MR) is 103 cm³/mol. The topological polar surface area (TPSA) is 112 Å². The minimum atomic E-state index is -0.151. The largest absolute Gasteiger partial charge is 0.469 e. The molecule has 1 saturated heterocycles. The maximum absolute atomic E-state index is 11.7. The number of carbonyl (C=O) groups is 1. The number of fused-ring (bicyclic) bond motifs is 1. The molecule has 3 N–H and O–H groups in total. The van der Waals surface area contributed by atoms with E-state index < -0.39 is 0 Å². The number of hydrogen-bond acceptors (Lipinski definition) is 9. The lowest BCUT2D eigenvalue weighted by atomic mass is 9.97. The molecule has 0 aliphatic carbocycles. The van der Waals surface area contributed by atoms with E-state index in [4.69, 9.17) is 19.9 Å². The number of ether oxygens (including phenoxy) is 3. The quantitative estimate of drug-likeness (QED) is 0.744. The number of nitrogens with zero attached hydrogens (tertiary/aromatic N) is 3. The van der Waals surface area contributed by atoms with Crippen LogP contribution >= 0.6 is 0 Å². The second-order valence-electron chi connectivity index (χ2n) is 6.79. The first-order valence-electron chi connectivity index (χ1n) is 9.21. The maximum atomic E-state index is 11.7. The van der Waals surface area contributed by atoms with E-state index in [-0.39, 0.29) is 18.7 Å². The lowest BCUT2D eigenvalue weighted by Gasteiger charge is -2.32. The van der Waals surface area contributed by atoms with Crippen molar-refractivity contribution in [1.82, 2.24) is 9.97 Å². The summed E-state index contributed by atoms with van der Waals surface area (Å²) in [5, 5.41) is 3.26. The Morgan fingerprint density at radius 3 is 2.86 bits per heavy atom. The summed E-state index contributed by atoms with van der Waals surface area (Å²) < 4.78 is 15.6. The Labute approximate surface area is 162 Å². The van der Waals surface area contributed by atoms with Gasteiger partial charge in [-0.2, -0.15) is 0 Å². The molecular weight excluding hydrogens is 362 g/mol. The SMILES string of the molecule is COC(=O)C1CCN(c2ncnc(NCc3ccc4c(c3)OCO4)c2N)CC1. The van der Waals surface area contributed by atoms with Crippen LogP contribution in [0.4, 0.5) is 17.3 Å². The summed E-state index contributed by atoms with van der Waals surface area (Å²) in [4.78, 5) is 22.4. The number of methoxy groups -OCH3 is 1. The maximum Gasteiger partial charge on any atom is 0.308 e. The Balaban J connectivity index is 1.42. The smallest absolute Gasteiger partial charge is 0.308 e. The molecule has 2 aliphatic heterocycles. The van der Waals surface area contributed by atoms with Crippen LogP contribution in [0.15, 0.2) is 24.5 Å². The molecule has 0 atom stereocenters. The first-order chi connectivity index (χ1) is 13.7. The Bertz CT molecular complexity index is 867. The highest BCUT2D eigenvalue weighted by molar-refractivity contribution is 5.76. The van der Waals surface area contributed by atoms with Crippen LogP contribution < -0.4 is 25.4 Å². The number of hydrogen-bond donors (Lipinski definition) is 2. The van der Waals surface area contributed by atoms with E-state index in [1.54, 1.807) is 0 Å². The van der Waals surface area contributed by atoms with Crippen LogP contribution in [-0.2, 0) is 16.1 Å². The first-order valence-corrected chi connectivity index (χ1v) is 9.21. The standard InChI is InChI=1S/C19H23N5O4/c1-26-19(25)13-4-6-24(7-5-13)18-16(20)17(22-10-23-18)21-9-12-2-3-14-15(8-12)28-11-27-14/h2-3,8,10,13H,4-7,9,11,20H2,1H3,(H,21,22,23). The number of esters is 1. The molecule has 0 unspecified atom stereocenters. The van der Waals surface area contributed by atoms with Gasteiger partial charge in [0.2, 0.25) is 6.79 Å². The lowest BCUT2D eigenvalue weighted by Crippen LogP contribution is -2.37. The van der Waals surface area contributed by atoms with Gasteiger partial charge >= 0.3 is 5.97 Å². The third-order valence-corrected chi connectivity index (χ3v) is 5.09. The number of nitrogen functional groups attached to an aromatic ring is 1. The van der Waals surface area contributed by atoms with Gasteiger partial charge < -0.3 is 30.2 Å². The fourth-order valence-electron chi connectivity index (χ4n) is 3.51. The molecule has 1 aromatic carbocycles. The normalized spacial score (nSPS) is 16.1. The van der Waals surface area contributed by atoms with Crippen molar-refractivity contribution < 1.29 is 19.0 Å². The monoisotopic (exact) mass is 385 g/mol. The Kier molecular flexibility index (Phi) is 5.05. The molecule has 28 heavy (non-hydrogen) atoms. The average molecular weight is 385 g/mol.